The van der Waals surface area contributed by atoms with Crippen LogP contribution in [0.15, 0.2) is 59.6 Å². The van der Waals surface area contributed by atoms with E-state index in [9.17, 15) is 4.79 Å². The van der Waals surface area contributed by atoms with Crippen molar-refractivity contribution in [1.82, 2.24) is 5.32 Å². The van der Waals surface area contributed by atoms with E-state index in [0.717, 1.165) is 11.3 Å². The molecular formula is C19H24N4O2. The first-order valence-corrected chi connectivity index (χ1v) is 8.17. The Bertz CT molecular complexity index is 702. The van der Waals surface area contributed by atoms with Gasteiger partial charge < -0.3 is 21.1 Å². The van der Waals surface area contributed by atoms with Gasteiger partial charge in [-0.2, -0.15) is 0 Å². The highest BCUT2D eigenvalue weighted by molar-refractivity contribution is 5.94. The normalized spacial score (nSPS) is 11.2. The van der Waals surface area contributed by atoms with Gasteiger partial charge in [-0.15, -0.1) is 0 Å². The van der Waals surface area contributed by atoms with Gasteiger partial charge in [-0.05, 0) is 24.6 Å². The summed E-state index contributed by atoms with van der Waals surface area (Å²) in [7, 11) is 1.65. The summed E-state index contributed by atoms with van der Waals surface area (Å²) in [5, 5.41) is 5.94. The Hall–Kier alpha value is -2.86. The zero-order valence-corrected chi connectivity index (χ0v) is 14.4. The first-order chi connectivity index (χ1) is 12.2. The van der Waals surface area contributed by atoms with Crippen LogP contribution in [0.3, 0.4) is 0 Å². The molecule has 2 aromatic rings. The van der Waals surface area contributed by atoms with Gasteiger partial charge in [0, 0.05) is 37.0 Å². The van der Waals surface area contributed by atoms with E-state index in [2.05, 4.69) is 15.6 Å². The third-order valence-electron chi connectivity index (χ3n) is 3.52. The summed E-state index contributed by atoms with van der Waals surface area (Å²) >= 11 is 0. The van der Waals surface area contributed by atoms with Gasteiger partial charge in [0.1, 0.15) is 0 Å². The Balaban J connectivity index is 1.74. The Morgan fingerprint density at radius 2 is 1.84 bits per heavy atom. The van der Waals surface area contributed by atoms with Crippen molar-refractivity contribution in [2.24, 2.45) is 10.7 Å². The van der Waals surface area contributed by atoms with E-state index in [1.165, 1.54) is 0 Å². The van der Waals surface area contributed by atoms with Crippen LogP contribution in [0.2, 0.25) is 0 Å². The summed E-state index contributed by atoms with van der Waals surface area (Å²) in [5.41, 5.74) is 8.46. The van der Waals surface area contributed by atoms with Gasteiger partial charge >= 0.3 is 0 Å². The standard InChI is InChI=1S/C19H24N4O2/c1-25-14-16-10-5-6-11-17(16)23-19(20)22-13-7-12-21-18(24)15-8-3-2-4-9-15/h2-6,8-11H,7,12-14H2,1H3,(H,21,24)(H3,20,22,23). The van der Waals surface area contributed by atoms with Crippen molar-refractivity contribution in [3.8, 4) is 0 Å². The summed E-state index contributed by atoms with van der Waals surface area (Å²) in [6.45, 7) is 1.58. The highest BCUT2D eigenvalue weighted by atomic mass is 16.5. The molecule has 132 valence electrons. The number of rotatable bonds is 8. The Morgan fingerprint density at radius 1 is 1.12 bits per heavy atom. The Morgan fingerprint density at radius 3 is 2.60 bits per heavy atom. The maximum absolute atomic E-state index is 11.9. The fourth-order valence-corrected chi connectivity index (χ4v) is 2.27. The SMILES string of the molecule is COCc1ccccc1NC(N)=NCCCNC(=O)c1ccccc1. The van der Waals surface area contributed by atoms with Gasteiger partial charge in [0.25, 0.3) is 5.91 Å². The number of hydrogen-bond donors (Lipinski definition) is 3. The van der Waals surface area contributed by atoms with Crippen LogP contribution >= 0.6 is 0 Å². The molecule has 2 rings (SSSR count). The molecule has 0 heterocycles. The van der Waals surface area contributed by atoms with Gasteiger partial charge in [0.15, 0.2) is 5.96 Å². The molecule has 0 saturated heterocycles. The third kappa shape index (κ3) is 6.27. The van der Waals surface area contributed by atoms with Gasteiger partial charge in [-0.3, -0.25) is 9.79 Å². The van der Waals surface area contributed by atoms with E-state index >= 15 is 0 Å². The van der Waals surface area contributed by atoms with Gasteiger partial charge in [0.05, 0.1) is 6.61 Å². The molecule has 0 aliphatic carbocycles. The highest BCUT2D eigenvalue weighted by Crippen LogP contribution is 2.15. The molecule has 6 nitrogen and oxygen atoms in total. The number of nitrogens with one attached hydrogen (secondary N) is 2. The molecule has 0 radical (unpaired) electrons. The molecule has 0 aromatic heterocycles. The molecule has 0 atom stereocenters. The Labute approximate surface area is 148 Å². The number of methoxy groups -OCH3 is 1. The van der Waals surface area contributed by atoms with Crippen molar-refractivity contribution in [1.29, 1.82) is 0 Å². The maximum atomic E-state index is 11.9. The van der Waals surface area contributed by atoms with E-state index in [0.29, 0.717) is 37.6 Å². The predicted molar refractivity (Wildman–Crippen MR) is 101 cm³/mol. The number of nitrogens with zero attached hydrogens (tertiary/aromatic N) is 1. The number of amides is 1. The topological polar surface area (TPSA) is 88.7 Å². The minimum Gasteiger partial charge on any atom is -0.380 e. The molecule has 0 aliphatic heterocycles. The van der Waals surface area contributed by atoms with Crippen LogP contribution in [0.25, 0.3) is 0 Å². The average Bonchev–Trinajstić information content (AvgIpc) is 2.64. The number of guanidine groups is 1. The molecule has 2 aromatic carbocycles. The van der Waals surface area contributed by atoms with Crippen LogP contribution in [0, 0.1) is 0 Å². The number of anilines is 1. The van der Waals surface area contributed by atoms with Crippen molar-refractivity contribution >= 4 is 17.6 Å². The van der Waals surface area contributed by atoms with Crippen LogP contribution in [-0.4, -0.2) is 32.1 Å². The number of carbonyl (C=O) groups excluding carboxylic acids is 1. The summed E-state index contributed by atoms with van der Waals surface area (Å²) in [4.78, 5) is 16.2. The Kier molecular flexibility index (Phi) is 7.46. The number of benzene rings is 2. The maximum Gasteiger partial charge on any atom is 0.251 e. The fourth-order valence-electron chi connectivity index (χ4n) is 2.27. The van der Waals surface area contributed by atoms with Gasteiger partial charge in [-0.1, -0.05) is 36.4 Å². The van der Waals surface area contributed by atoms with Crippen LogP contribution in [-0.2, 0) is 11.3 Å². The second-order valence-corrected chi connectivity index (χ2v) is 5.46. The lowest BCUT2D eigenvalue weighted by atomic mass is 10.2. The number of ether oxygens (including phenoxy) is 1. The number of aliphatic imine (C=N–C) groups is 1. The van der Waals surface area contributed by atoms with Crippen LogP contribution < -0.4 is 16.4 Å². The van der Waals surface area contributed by atoms with E-state index in [4.69, 9.17) is 10.5 Å². The molecular weight excluding hydrogens is 316 g/mol. The van der Waals surface area contributed by atoms with Crippen molar-refractivity contribution in [3.05, 3.63) is 65.7 Å². The number of para-hydroxylation sites is 1. The first kappa shape index (κ1) is 18.5. The van der Waals surface area contributed by atoms with E-state index in [1.807, 2.05) is 42.5 Å². The van der Waals surface area contributed by atoms with E-state index in [1.54, 1.807) is 19.2 Å². The van der Waals surface area contributed by atoms with Crippen LogP contribution in [0.4, 0.5) is 5.69 Å². The lowest BCUT2D eigenvalue weighted by Crippen LogP contribution is -2.26. The highest BCUT2D eigenvalue weighted by Gasteiger charge is 2.03. The van der Waals surface area contributed by atoms with Crippen LogP contribution in [0.5, 0.6) is 0 Å². The molecule has 1 amide bonds. The first-order valence-electron chi connectivity index (χ1n) is 8.17. The molecule has 0 unspecified atom stereocenters. The lowest BCUT2D eigenvalue weighted by molar-refractivity contribution is 0.0953. The van der Waals surface area contributed by atoms with E-state index < -0.39 is 0 Å². The molecule has 0 spiro atoms. The molecule has 0 fully saturated rings. The quantitative estimate of drug-likeness (QED) is 0.391. The molecule has 0 aliphatic rings. The summed E-state index contributed by atoms with van der Waals surface area (Å²) in [5.74, 6) is 0.266. The molecule has 25 heavy (non-hydrogen) atoms. The largest absolute Gasteiger partial charge is 0.380 e. The number of hydrogen-bond acceptors (Lipinski definition) is 3. The third-order valence-corrected chi connectivity index (χ3v) is 3.52. The second kappa shape index (κ2) is 10.1. The summed E-state index contributed by atoms with van der Waals surface area (Å²) in [6, 6.07) is 16.9. The van der Waals surface area contributed by atoms with Gasteiger partial charge in [-0.25, -0.2) is 0 Å². The second-order valence-electron chi connectivity index (χ2n) is 5.46. The summed E-state index contributed by atoms with van der Waals surface area (Å²) in [6.07, 6.45) is 0.709. The molecule has 0 bridgehead atoms. The van der Waals surface area contributed by atoms with Gasteiger partial charge in [0.2, 0.25) is 0 Å². The molecule has 6 heteroatoms. The predicted octanol–water partition coefficient (Wildman–Crippen LogP) is 2.38. The minimum atomic E-state index is -0.0795. The molecule has 4 N–H and O–H groups in total. The minimum absolute atomic E-state index is 0.0795. The smallest absolute Gasteiger partial charge is 0.251 e. The number of nitrogens with two attached hydrogens (primary N) is 1. The van der Waals surface area contributed by atoms with Crippen molar-refractivity contribution in [2.75, 3.05) is 25.5 Å². The van der Waals surface area contributed by atoms with Crippen molar-refractivity contribution in [2.45, 2.75) is 13.0 Å². The van der Waals surface area contributed by atoms with Crippen LogP contribution in [0.1, 0.15) is 22.3 Å². The monoisotopic (exact) mass is 340 g/mol. The lowest BCUT2D eigenvalue weighted by Gasteiger charge is -2.11. The van der Waals surface area contributed by atoms with Crippen molar-refractivity contribution in [3.63, 3.8) is 0 Å². The zero-order valence-electron chi connectivity index (χ0n) is 14.4. The fraction of sp³-hybridized carbons (Fsp3) is 0.263. The molecule has 0 saturated carbocycles. The number of carbonyl (C=O) groups is 1. The van der Waals surface area contributed by atoms with E-state index in [-0.39, 0.29) is 5.91 Å². The zero-order chi connectivity index (χ0) is 17.9. The average molecular weight is 340 g/mol. The van der Waals surface area contributed by atoms with Crippen molar-refractivity contribution < 1.29 is 9.53 Å². The summed E-state index contributed by atoms with van der Waals surface area (Å²) < 4.78 is 5.16.